The lowest BCUT2D eigenvalue weighted by Crippen LogP contribution is -2.05. The Morgan fingerprint density at radius 3 is 2.39 bits per heavy atom. The Labute approximate surface area is 129 Å². The molecule has 0 aliphatic carbocycles. The molecule has 0 saturated heterocycles. The summed E-state index contributed by atoms with van der Waals surface area (Å²) < 4.78 is 39.1. The zero-order valence-corrected chi connectivity index (χ0v) is 12.1. The zero-order chi connectivity index (χ0) is 16.4. The van der Waals surface area contributed by atoms with Crippen molar-refractivity contribution in [1.82, 2.24) is 0 Å². The number of halogens is 2. The van der Waals surface area contributed by atoms with E-state index in [1.165, 1.54) is 37.6 Å². The zero-order valence-electron chi connectivity index (χ0n) is 12.1. The summed E-state index contributed by atoms with van der Waals surface area (Å²) >= 11 is 0. The second-order valence-corrected chi connectivity index (χ2v) is 4.74. The van der Waals surface area contributed by atoms with Gasteiger partial charge in [0.25, 0.3) is 0 Å². The second-order valence-electron chi connectivity index (χ2n) is 4.74. The van der Waals surface area contributed by atoms with Gasteiger partial charge in [0, 0.05) is 6.07 Å². The molecule has 0 fully saturated rings. The van der Waals surface area contributed by atoms with E-state index in [2.05, 4.69) is 4.74 Å². The van der Waals surface area contributed by atoms with Crippen LogP contribution >= 0.6 is 0 Å². The van der Waals surface area contributed by atoms with Crippen LogP contribution in [0.15, 0.2) is 57.9 Å². The molecule has 6 heteroatoms. The molecule has 0 spiro atoms. The molecule has 118 valence electrons. The lowest BCUT2D eigenvalue weighted by atomic mass is 10.1. The van der Waals surface area contributed by atoms with E-state index >= 15 is 0 Å². The molecule has 0 aliphatic heterocycles. The summed E-state index contributed by atoms with van der Waals surface area (Å²) in [5.41, 5.74) is 1.09. The van der Waals surface area contributed by atoms with Crippen molar-refractivity contribution in [2.75, 3.05) is 7.11 Å². The minimum Gasteiger partial charge on any atom is -0.497 e. The standard InChI is InChI=1S/C17H12F2O4/c1-21-12-6-7-13-15(8-12)22-9-14(16(13)20)10-2-4-11(5-3-10)23-17(18)19/h2-9,17H,1H3. The van der Waals surface area contributed by atoms with Crippen molar-refractivity contribution < 1.29 is 22.7 Å². The minimum atomic E-state index is -2.89. The SMILES string of the molecule is COc1ccc2c(=O)c(-c3ccc(OC(F)F)cc3)coc2c1. The third kappa shape index (κ3) is 3.01. The summed E-state index contributed by atoms with van der Waals surface area (Å²) in [4.78, 5) is 12.5. The fourth-order valence-corrected chi connectivity index (χ4v) is 2.25. The highest BCUT2D eigenvalue weighted by atomic mass is 19.3. The quantitative estimate of drug-likeness (QED) is 0.727. The molecule has 23 heavy (non-hydrogen) atoms. The van der Waals surface area contributed by atoms with Crippen molar-refractivity contribution in [3.63, 3.8) is 0 Å². The Morgan fingerprint density at radius 2 is 1.74 bits per heavy atom. The number of ether oxygens (including phenoxy) is 2. The number of rotatable bonds is 4. The van der Waals surface area contributed by atoms with E-state index in [1.54, 1.807) is 18.2 Å². The third-order valence-corrected chi connectivity index (χ3v) is 3.37. The van der Waals surface area contributed by atoms with E-state index < -0.39 is 6.61 Å². The number of benzene rings is 2. The van der Waals surface area contributed by atoms with Crippen LogP contribution in [-0.4, -0.2) is 13.7 Å². The first-order valence-corrected chi connectivity index (χ1v) is 6.73. The summed E-state index contributed by atoms with van der Waals surface area (Å²) in [5.74, 6) is 0.612. The Bertz CT molecular complexity index is 885. The van der Waals surface area contributed by atoms with Crippen molar-refractivity contribution in [3.8, 4) is 22.6 Å². The van der Waals surface area contributed by atoms with Crippen LogP contribution in [0.2, 0.25) is 0 Å². The predicted octanol–water partition coefficient (Wildman–Crippen LogP) is 4.07. The Balaban J connectivity index is 2.03. The first-order chi connectivity index (χ1) is 11.1. The van der Waals surface area contributed by atoms with E-state index in [0.29, 0.717) is 27.8 Å². The van der Waals surface area contributed by atoms with Gasteiger partial charge in [-0.05, 0) is 29.8 Å². The maximum atomic E-state index is 12.5. The van der Waals surface area contributed by atoms with Crippen LogP contribution in [0.4, 0.5) is 8.78 Å². The summed E-state index contributed by atoms with van der Waals surface area (Å²) in [7, 11) is 1.52. The predicted molar refractivity (Wildman–Crippen MR) is 81.1 cm³/mol. The Kier molecular flexibility index (Phi) is 3.97. The first-order valence-electron chi connectivity index (χ1n) is 6.73. The summed E-state index contributed by atoms with van der Waals surface area (Å²) in [5, 5.41) is 0.413. The topological polar surface area (TPSA) is 48.7 Å². The molecule has 0 bridgehead atoms. The second kappa shape index (κ2) is 6.08. The van der Waals surface area contributed by atoms with Crippen LogP contribution < -0.4 is 14.9 Å². The van der Waals surface area contributed by atoms with Crippen LogP contribution in [0, 0.1) is 0 Å². The molecular formula is C17H12F2O4. The fourth-order valence-electron chi connectivity index (χ4n) is 2.25. The molecule has 4 nitrogen and oxygen atoms in total. The fraction of sp³-hybridized carbons (Fsp3) is 0.118. The average Bonchev–Trinajstić information content (AvgIpc) is 2.55. The molecule has 0 saturated carbocycles. The molecule has 0 aliphatic rings. The highest BCUT2D eigenvalue weighted by Gasteiger charge is 2.11. The van der Waals surface area contributed by atoms with Gasteiger partial charge in [0.2, 0.25) is 0 Å². The van der Waals surface area contributed by atoms with Gasteiger partial charge in [0.15, 0.2) is 5.43 Å². The Hall–Kier alpha value is -2.89. The normalized spacial score (nSPS) is 11.0. The smallest absolute Gasteiger partial charge is 0.387 e. The molecule has 0 radical (unpaired) electrons. The van der Waals surface area contributed by atoms with E-state index in [9.17, 15) is 13.6 Å². The van der Waals surface area contributed by atoms with Gasteiger partial charge in [-0.25, -0.2) is 0 Å². The maximum Gasteiger partial charge on any atom is 0.387 e. The molecule has 0 unspecified atom stereocenters. The molecule has 0 amide bonds. The van der Waals surface area contributed by atoms with Crippen molar-refractivity contribution in [2.24, 2.45) is 0 Å². The van der Waals surface area contributed by atoms with Gasteiger partial charge in [-0.1, -0.05) is 12.1 Å². The van der Waals surface area contributed by atoms with E-state index in [1.807, 2.05) is 0 Å². The number of hydrogen-bond donors (Lipinski definition) is 0. The lowest BCUT2D eigenvalue weighted by Gasteiger charge is -2.06. The van der Waals surface area contributed by atoms with Gasteiger partial charge >= 0.3 is 6.61 Å². The highest BCUT2D eigenvalue weighted by Crippen LogP contribution is 2.24. The average molecular weight is 318 g/mol. The lowest BCUT2D eigenvalue weighted by molar-refractivity contribution is -0.0498. The van der Waals surface area contributed by atoms with E-state index in [4.69, 9.17) is 9.15 Å². The number of methoxy groups -OCH3 is 1. The molecule has 1 aromatic heterocycles. The van der Waals surface area contributed by atoms with Gasteiger partial charge < -0.3 is 13.9 Å². The van der Waals surface area contributed by atoms with Crippen LogP contribution in [0.3, 0.4) is 0 Å². The largest absolute Gasteiger partial charge is 0.497 e. The minimum absolute atomic E-state index is 0.0265. The first kappa shape index (κ1) is 15.0. The van der Waals surface area contributed by atoms with E-state index in [0.717, 1.165) is 0 Å². The maximum absolute atomic E-state index is 12.5. The number of hydrogen-bond acceptors (Lipinski definition) is 4. The summed E-state index contributed by atoms with van der Waals surface area (Å²) in [6.07, 6.45) is 1.34. The van der Waals surface area contributed by atoms with Crippen molar-refractivity contribution >= 4 is 11.0 Å². The molecule has 3 rings (SSSR count). The van der Waals surface area contributed by atoms with Gasteiger partial charge in [0.1, 0.15) is 23.3 Å². The van der Waals surface area contributed by atoms with Crippen molar-refractivity contribution in [3.05, 3.63) is 59.0 Å². The van der Waals surface area contributed by atoms with E-state index in [-0.39, 0.29) is 11.2 Å². The monoisotopic (exact) mass is 318 g/mol. The van der Waals surface area contributed by atoms with Crippen molar-refractivity contribution in [1.29, 1.82) is 0 Å². The number of alkyl halides is 2. The van der Waals surface area contributed by atoms with Crippen LogP contribution in [0.25, 0.3) is 22.1 Å². The number of fused-ring (bicyclic) bond motifs is 1. The summed E-state index contributed by atoms with van der Waals surface area (Å²) in [6, 6.07) is 10.7. The van der Waals surface area contributed by atoms with Crippen LogP contribution in [0.1, 0.15) is 0 Å². The third-order valence-electron chi connectivity index (χ3n) is 3.37. The van der Waals surface area contributed by atoms with Gasteiger partial charge in [0.05, 0.1) is 18.1 Å². The highest BCUT2D eigenvalue weighted by molar-refractivity contribution is 5.82. The Morgan fingerprint density at radius 1 is 1.04 bits per heavy atom. The molecule has 0 atom stereocenters. The van der Waals surface area contributed by atoms with Gasteiger partial charge in [-0.2, -0.15) is 8.78 Å². The molecule has 1 heterocycles. The molecule has 3 aromatic rings. The van der Waals surface area contributed by atoms with Crippen LogP contribution in [0.5, 0.6) is 11.5 Å². The molecule has 2 aromatic carbocycles. The molecule has 0 N–H and O–H groups in total. The van der Waals surface area contributed by atoms with Crippen molar-refractivity contribution in [2.45, 2.75) is 6.61 Å². The molecular weight excluding hydrogens is 306 g/mol. The summed E-state index contributed by atoms with van der Waals surface area (Å²) in [6.45, 7) is -2.89. The van der Waals surface area contributed by atoms with Gasteiger partial charge in [-0.15, -0.1) is 0 Å². The van der Waals surface area contributed by atoms with Crippen LogP contribution in [-0.2, 0) is 0 Å². The van der Waals surface area contributed by atoms with Gasteiger partial charge in [-0.3, -0.25) is 4.79 Å².